The van der Waals surface area contributed by atoms with E-state index in [0.29, 0.717) is 12.5 Å². The molecule has 12 heavy (non-hydrogen) atoms. The Morgan fingerprint density at radius 1 is 1.67 bits per heavy atom. The summed E-state index contributed by atoms with van der Waals surface area (Å²) in [6, 6.07) is 0. The molecule has 0 aliphatic carbocycles. The van der Waals surface area contributed by atoms with Crippen LogP contribution in [0.4, 0.5) is 0 Å². The second-order valence-electron chi connectivity index (χ2n) is 3.21. The zero-order chi connectivity index (χ0) is 8.39. The Morgan fingerprint density at radius 3 is 3.08 bits per heavy atom. The average Bonchev–Trinajstić information content (AvgIpc) is 2.47. The molecular weight excluding hydrogens is 156 g/mol. The van der Waals surface area contributed by atoms with E-state index in [0.717, 1.165) is 25.4 Å². The molecule has 0 spiro atoms. The van der Waals surface area contributed by atoms with Crippen molar-refractivity contribution in [2.75, 3.05) is 19.7 Å². The summed E-state index contributed by atoms with van der Waals surface area (Å²) in [7, 11) is 0. The van der Waals surface area contributed by atoms with Crippen molar-refractivity contribution in [3.05, 3.63) is 18.4 Å². The second-order valence-corrected chi connectivity index (χ2v) is 3.21. The molecule has 2 rings (SSSR count). The van der Waals surface area contributed by atoms with Crippen LogP contribution in [0.15, 0.2) is 17.0 Å². The predicted molar refractivity (Wildman–Crippen MR) is 42.4 cm³/mol. The third-order valence-corrected chi connectivity index (χ3v) is 2.15. The van der Waals surface area contributed by atoms with Crippen LogP contribution in [-0.2, 0) is 6.54 Å². The van der Waals surface area contributed by atoms with Crippen molar-refractivity contribution >= 4 is 0 Å². The molecule has 0 amide bonds. The van der Waals surface area contributed by atoms with Crippen molar-refractivity contribution in [1.82, 2.24) is 9.88 Å². The first kappa shape index (κ1) is 7.76. The van der Waals surface area contributed by atoms with Gasteiger partial charge in [-0.25, -0.2) is 4.98 Å². The Labute approximate surface area is 70.8 Å². The number of aliphatic hydroxyl groups is 1. The van der Waals surface area contributed by atoms with Crippen LogP contribution < -0.4 is 0 Å². The van der Waals surface area contributed by atoms with E-state index in [2.05, 4.69) is 9.88 Å². The fourth-order valence-corrected chi connectivity index (χ4v) is 1.46. The van der Waals surface area contributed by atoms with Gasteiger partial charge in [0.25, 0.3) is 0 Å². The lowest BCUT2D eigenvalue weighted by atomic mass is 10.0. The molecule has 0 unspecified atom stereocenters. The van der Waals surface area contributed by atoms with E-state index in [1.807, 2.05) is 0 Å². The van der Waals surface area contributed by atoms with Gasteiger partial charge in [0, 0.05) is 25.6 Å². The van der Waals surface area contributed by atoms with Crippen LogP contribution >= 0.6 is 0 Å². The molecule has 66 valence electrons. The first-order valence-corrected chi connectivity index (χ1v) is 4.09. The smallest absolute Gasteiger partial charge is 0.180 e. The van der Waals surface area contributed by atoms with Crippen molar-refractivity contribution < 1.29 is 9.52 Å². The van der Waals surface area contributed by atoms with Gasteiger partial charge in [-0.3, -0.25) is 4.90 Å². The minimum Gasteiger partial charge on any atom is -0.447 e. The van der Waals surface area contributed by atoms with Crippen LogP contribution in [0.25, 0.3) is 0 Å². The molecule has 0 bridgehead atoms. The molecule has 1 aromatic rings. The normalized spacial score (nSPS) is 19.4. The maximum absolute atomic E-state index is 8.77. The number of nitrogens with zero attached hydrogens (tertiary/aromatic N) is 2. The first-order valence-electron chi connectivity index (χ1n) is 4.09. The highest BCUT2D eigenvalue weighted by atomic mass is 16.3. The van der Waals surface area contributed by atoms with Crippen molar-refractivity contribution in [2.45, 2.75) is 6.54 Å². The molecule has 1 saturated heterocycles. The van der Waals surface area contributed by atoms with Gasteiger partial charge >= 0.3 is 0 Å². The van der Waals surface area contributed by atoms with Crippen LogP contribution in [0, 0.1) is 5.92 Å². The molecule has 1 aliphatic rings. The molecule has 0 saturated carbocycles. The van der Waals surface area contributed by atoms with Crippen LogP contribution in [0.5, 0.6) is 0 Å². The Balaban J connectivity index is 1.77. The molecule has 1 N–H and O–H groups in total. The van der Waals surface area contributed by atoms with E-state index >= 15 is 0 Å². The lowest BCUT2D eigenvalue weighted by Crippen LogP contribution is -2.47. The zero-order valence-corrected chi connectivity index (χ0v) is 6.81. The Kier molecular flexibility index (Phi) is 2.10. The third kappa shape index (κ3) is 1.49. The summed E-state index contributed by atoms with van der Waals surface area (Å²) in [6.07, 6.45) is 3.17. The second kappa shape index (κ2) is 3.25. The van der Waals surface area contributed by atoms with E-state index in [1.54, 1.807) is 6.20 Å². The van der Waals surface area contributed by atoms with E-state index < -0.39 is 0 Å². The van der Waals surface area contributed by atoms with Gasteiger partial charge < -0.3 is 9.52 Å². The summed E-state index contributed by atoms with van der Waals surface area (Å²) >= 11 is 0. The number of rotatable bonds is 3. The van der Waals surface area contributed by atoms with Crippen molar-refractivity contribution in [1.29, 1.82) is 0 Å². The highest BCUT2D eigenvalue weighted by Gasteiger charge is 2.26. The number of hydrogen-bond donors (Lipinski definition) is 1. The number of likely N-dealkylation sites (tertiary alicyclic amines) is 1. The van der Waals surface area contributed by atoms with Gasteiger partial charge in [-0.15, -0.1) is 0 Å². The molecule has 4 heteroatoms. The van der Waals surface area contributed by atoms with E-state index in [-0.39, 0.29) is 0 Å². The molecule has 2 heterocycles. The maximum atomic E-state index is 8.77. The topological polar surface area (TPSA) is 49.5 Å². The van der Waals surface area contributed by atoms with Gasteiger partial charge in [0.15, 0.2) is 6.39 Å². The summed E-state index contributed by atoms with van der Waals surface area (Å²) in [4.78, 5) is 6.05. The lowest BCUT2D eigenvalue weighted by Gasteiger charge is -2.37. The van der Waals surface area contributed by atoms with Crippen molar-refractivity contribution in [3.8, 4) is 0 Å². The van der Waals surface area contributed by atoms with Crippen LogP contribution in [0.1, 0.15) is 5.76 Å². The minimum atomic E-state index is 0.299. The summed E-state index contributed by atoms with van der Waals surface area (Å²) in [5.41, 5.74) is 0. The van der Waals surface area contributed by atoms with Gasteiger partial charge in [-0.05, 0) is 0 Å². The molecule has 0 aromatic carbocycles. The molecule has 0 radical (unpaired) electrons. The summed E-state index contributed by atoms with van der Waals surface area (Å²) in [5.74, 6) is 1.36. The predicted octanol–water partition coefficient (Wildman–Crippen LogP) is 0.0987. The number of aromatic nitrogens is 1. The lowest BCUT2D eigenvalue weighted by molar-refractivity contribution is 0.0429. The Hall–Kier alpha value is -0.870. The van der Waals surface area contributed by atoms with Crippen LogP contribution in [0.2, 0.25) is 0 Å². The molecular formula is C8H12N2O2. The van der Waals surface area contributed by atoms with Gasteiger partial charge in [-0.2, -0.15) is 0 Å². The fraction of sp³-hybridized carbons (Fsp3) is 0.625. The van der Waals surface area contributed by atoms with Crippen molar-refractivity contribution in [2.24, 2.45) is 5.92 Å². The Bertz CT molecular complexity index is 229. The average molecular weight is 168 g/mol. The SMILES string of the molecule is OCC1CN(Cc2cnco2)C1. The minimum absolute atomic E-state index is 0.299. The van der Waals surface area contributed by atoms with E-state index in [1.165, 1.54) is 6.39 Å². The third-order valence-electron chi connectivity index (χ3n) is 2.15. The molecule has 0 atom stereocenters. The van der Waals surface area contributed by atoms with Gasteiger partial charge in [0.2, 0.25) is 0 Å². The number of oxazole rings is 1. The monoisotopic (exact) mass is 168 g/mol. The summed E-state index contributed by atoms with van der Waals surface area (Å²) < 4.78 is 5.09. The van der Waals surface area contributed by atoms with Gasteiger partial charge in [0.1, 0.15) is 5.76 Å². The van der Waals surface area contributed by atoms with Gasteiger partial charge in [0.05, 0.1) is 12.7 Å². The van der Waals surface area contributed by atoms with E-state index in [9.17, 15) is 0 Å². The Morgan fingerprint density at radius 2 is 2.50 bits per heavy atom. The summed E-state index contributed by atoms with van der Waals surface area (Å²) in [6.45, 7) is 3.05. The molecule has 1 fully saturated rings. The molecule has 1 aliphatic heterocycles. The number of aliphatic hydroxyl groups excluding tert-OH is 1. The van der Waals surface area contributed by atoms with E-state index in [4.69, 9.17) is 9.52 Å². The van der Waals surface area contributed by atoms with Crippen LogP contribution in [0.3, 0.4) is 0 Å². The van der Waals surface area contributed by atoms with Crippen LogP contribution in [-0.4, -0.2) is 34.7 Å². The first-order chi connectivity index (χ1) is 5.88. The fourth-order valence-electron chi connectivity index (χ4n) is 1.46. The van der Waals surface area contributed by atoms with Crippen molar-refractivity contribution in [3.63, 3.8) is 0 Å². The standard InChI is InChI=1S/C8H12N2O2/c11-5-7-2-10(3-7)4-8-1-9-6-12-8/h1,6-7,11H,2-5H2. The number of hydrogen-bond acceptors (Lipinski definition) is 4. The largest absolute Gasteiger partial charge is 0.447 e. The van der Waals surface area contributed by atoms with Gasteiger partial charge in [-0.1, -0.05) is 0 Å². The highest BCUT2D eigenvalue weighted by molar-refractivity contribution is 4.91. The summed E-state index contributed by atoms with van der Waals surface area (Å²) in [5, 5.41) is 8.77. The zero-order valence-electron chi connectivity index (χ0n) is 6.81. The maximum Gasteiger partial charge on any atom is 0.180 e. The quantitative estimate of drug-likeness (QED) is 0.695. The molecule has 4 nitrogen and oxygen atoms in total. The highest BCUT2D eigenvalue weighted by Crippen LogP contribution is 2.17. The molecule has 1 aromatic heterocycles.